The molecule has 3 nitrogen and oxygen atoms in total. The van der Waals surface area contributed by atoms with Crippen molar-refractivity contribution >= 4 is 11.6 Å². The number of aliphatic imine (C=N–C) groups is 1. The largest absolute Gasteiger partial charge is 0.387 e. The Morgan fingerprint density at radius 1 is 1.46 bits per heavy atom. The van der Waals surface area contributed by atoms with Crippen LogP contribution in [-0.2, 0) is 4.79 Å². The number of Topliss-reactive ketones (excluding diaryl/α,β-unsaturated/α-hetero) is 1. The summed E-state index contributed by atoms with van der Waals surface area (Å²) in [6, 6.07) is 0. The summed E-state index contributed by atoms with van der Waals surface area (Å²) in [7, 11) is 0. The summed E-state index contributed by atoms with van der Waals surface area (Å²) in [5, 5.41) is 0. The fourth-order valence-electron chi connectivity index (χ4n) is 0.934. The number of carbonyl (C=O) groups is 1. The zero-order valence-electron chi connectivity index (χ0n) is 9.22. The highest BCUT2D eigenvalue weighted by Crippen LogP contribution is 2.09. The van der Waals surface area contributed by atoms with Crippen LogP contribution in [0.2, 0.25) is 0 Å². The molecule has 0 radical (unpaired) electrons. The first kappa shape index (κ1) is 12.1. The molecule has 0 amide bonds. The van der Waals surface area contributed by atoms with E-state index < -0.39 is 0 Å². The van der Waals surface area contributed by atoms with Gasteiger partial charge in [-0.2, -0.15) is 0 Å². The smallest absolute Gasteiger partial charge is 0.133 e. The lowest BCUT2D eigenvalue weighted by atomic mass is 10.0. The zero-order valence-corrected chi connectivity index (χ0v) is 9.22. The van der Waals surface area contributed by atoms with Crippen LogP contribution in [0.25, 0.3) is 0 Å². The Labute approximate surface area is 80.4 Å². The van der Waals surface area contributed by atoms with Crippen LogP contribution in [0.4, 0.5) is 0 Å². The third-order valence-corrected chi connectivity index (χ3v) is 1.69. The number of hydrogen-bond acceptors (Lipinski definition) is 2. The van der Waals surface area contributed by atoms with E-state index in [4.69, 9.17) is 5.73 Å². The number of ketones is 1. The molecule has 2 N–H and O–H groups in total. The number of carbonyl (C=O) groups excluding carboxylic acids is 1. The van der Waals surface area contributed by atoms with Gasteiger partial charge in [-0.05, 0) is 27.7 Å². The van der Waals surface area contributed by atoms with Crippen LogP contribution in [0.15, 0.2) is 4.99 Å². The summed E-state index contributed by atoms with van der Waals surface area (Å²) in [6.07, 6.45) is 0.562. The third kappa shape index (κ3) is 6.31. The van der Waals surface area contributed by atoms with E-state index in [-0.39, 0.29) is 17.2 Å². The Kier molecular flexibility index (Phi) is 4.11. The van der Waals surface area contributed by atoms with Crippen LogP contribution in [0.3, 0.4) is 0 Å². The number of nitrogens with two attached hydrogens (primary N) is 1. The van der Waals surface area contributed by atoms with Crippen LogP contribution in [0.1, 0.15) is 41.0 Å². The Morgan fingerprint density at radius 3 is 2.23 bits per heavy atom. The van der Waals surface area contributed by atoms with E-state index in [1.807, 2.05) is 27.7 Å². The van der Waals surface area contributed by atoms with Crippen LogP contribution in [0, 0.1) is 5.92 Å². The molecule has 0 aliphatic rings. The average molecular weight is 184 g/mol. The summed E-state index contributed by atoms with van der Waals surface area (Å²) in [5.41, 5.74) is 5.54. The molecule has 0 aliphatic heterocycles. The maximum absolute atomic E-state index is 10.9. The molecule has 0 rings (SSSR count). The van der Waals surface area contributed by atoms with E-state index in [1.165, 1.54) is 0 Å². The predicted octanol–water partition coefficient (Wildman–Crippen LogP) is 1.76. The molecule has 0 fully saturated rings. The molecule has 0 spiro atoms. The van der Waals surface area contributed by atoms with Crippen LogP contribution in [-0.4, -0.2) is 17.2 Å². The van der Waals surface area contributed by atoms with E-state index in [0.717, 1.165) is 0 Å². The number of amidine groups is 1. The van der Waals surface area contributed by atoms with Crippen LogP contribution in [0.5, 0.6) is 0 Å². The fraction of sp³-hybridized carbons (Fsp3) is 0.800. The molecule has 0 aromatic carbocycles. The van der Waals surface area contributed by atoms with Crippen molar-refractivity contribution in [1.82, 2.24) is 0 Å². The third-order valence-electron chi connectivity index (χ3n) is 1.69. The van der Waals surface area contributed by atoms with Gasteiger partial charge in [0.2, 0.25) is 0 Å². The molecule has 76 valence electrons. The lowest BCUT2D eigenvalue weighted by Crippen LogP contribution is -2.24. The Morgan fingerprint density at radius 2 is 1.92 bits per heavy atom. The van der Waals surface area contributed by atoms with Gasteiger partial charge in [-0.1, -0.05) is 6.92 Å². The van der Waals surface area contributed by atoms with Crippen molar-refractivity contribution in [1.29, 1.82) is 0 Å². The Balaban J connectivity index is 4.23. The topological polar surface area (TPSA) is 55.5 Å². The molecule has 3 heteroatoms. The van der Waals surface area contributed by atoms with Gasteiger partial charge in [-0.15, -0.1) is 0 Å². The lowest BCUT2D eigenvalue weighted by Gasteiger charge is -2.15. The van der Waals surface area contributed by atoms with E-state index >= 15 is 0 Å². The van der Waals surface area contributed by atoms with Gasteiger partial charge in [-0.25, -0.2) is 0 Å². The maximum Gasteiger partial charge on any atom is 0.133 e. The highest BCUT2D eigenvalue weighted by molar-refractivity contribution is 5.87. The molecule has 0 heterocycles. The van der Waals surface area contributed by atoms with Gasteiger partial charge in [-0.3, -0.25) is 9.79 Å². The van der Waals surface area contributed by atoms with Gasteiger partial charge >= 0.3 is 0 Å². The minimum atomic E-state index is -0.152. The van der Waals surface area contributed by atoms with Gasteiger partial charge in [0.05, 0.1) is 11.4 Å². The van der Waals surface area contributed by atoms with Crippen molar-refractivity contribution in [3.05, 3.63) is 0 Å². The summed E-state index contributed by atoms with van der Waals surface area (Å²) < 4.78 is 0. The molecule has 0 saturated heterocycles. The average Bonchev–Trinajstić information content (AvgIpc) is 1.81. The quantitative estimate of drug-likeness (QED) is 0.536. The van der Waals surface area contributed by atoms with Gasteiger partial charge in [0.1, 0.15) is 5.78 Å². The zero-order chi connectivity index (χ0) is 10.6. The van der Waals surface area contributed by atoms with Crippen LogP contribution < -0.4 is 5.73 Å². The highest BCUT2D eigenvalue weighted by Gasteiger charge is 2.12. The highest BCUT2D eigenvalue weighted by atomic mass is 16.1. The van der Waals surface area contributed by atoms with Gasteiger partial charge in [0.25, 0.3) is 0 Å². The summed E-state index contributed by atoms with van der Waals surface area (Å²) in [5.74, 6) is 0.702. The summed E-state index contributed by atoms with van der Waals surface area (Å²) in [6.45, 7) is 9.40. The summed E-state index contributed by atoms with van der Waals surface area (Å²) in [4.78, 5) is 15.2. The van der Waals surface area contributed by atoms with E-state index in [9.17, 15) is 4.79 Å². The first-order chi connectivity index (χ1) is 5.72. The second kappa shape index (κ2) is 4.40. The van der Waals surface area contributed by atoms with E-state index in [1.54, 1.807) is 6.92 Å². The minimum absolute atomic E-state index is 0.0221. The molecule has 1 unspecified atom stereocenters. The van der Waals surface area contributed by atoms with Crippen molar-refractivity contribution < 1.29 is 4.79 Å². The molecule has 13 heavy (non-hydrogen) atoms. The van der Waals surface area contributed by atoms with Crippen molar-refractivity contribution in [2.75, 3.05) is 0 Å². The Hall–Kier alpha value is -0.860. The molecular weight excluding hydrogens is 164 g/mol. The second-order valence-electron chi connectivity index (χ2n) is 4.49. The molecule has 0 aliphatic carbocycles. The minimum Gasteiger partial charge on any atom is -0.387 e. The van der Waals surface area contributed by atoms with Gasteiger partial charge in [0.15, 0.2) is 0 Å². The van der Waals surface area contributed by atoms with E-state index in [0.29, 0.717) is 12.3 Å². The van der Waals surface area contributed by atoms with Crippen LogP contribution >= 0.6 is 0 Å². The predicted molar refractivity (Wildman–Crippen MR) is 55.8 cm³/mol. The van der Waals surface area contributed by atoms with Crippen molar-refractivity contribution in [3.8, 4) is 0 Å². The van der Waals surface area contributed by atoms with Crippen molar-refractivity contribution in [3.63, 3.8) is 0 Å². The summed E-state index contributed by atoms with van der Waals surface area (Å²) >= 11 is 0. The molecule has 0 bridgehead atoms. The number of nitrogens with zero attached hydrogens (tertiary/aromatic N) is 1. The number of hydrogen-bond donors (Lipinski definition) is 1. The monoisotopic (exact) mass is 184 g/mol. The van der Waals surface area contributed by atoms with E-state index in [2.05, 4.69) is 4.99 Å². The first-order valence-electron chi connectivity index (χ1n) is 4.57. The molecule has 1 atom stereocenters. The SMILES string of the molecule is CC(=O)C(C)CC(N)=NC(C)(C)C. The van der Waals surface area contributed by atoms with Gasteiger partial charge < -0.3 is 5.73 Å². The van der Waals surface area contributed by atoms with Crippen molar-refractivity contribution in [2.24, 2.45) is 16.6 Å². The molecule has 0 saturated carbocycles. The van der Waals surface area contributed by atoms with Crippen molar-refractivity contribution in [2.45, 2.75) is 46.6 Å². The first-order valence-corrected chi connectivity index (χ1v) is 4.57. The molecule has 0 aromatic rings. The fourth-order valence-corrected chi connectivity index (χ4v) is 0.934. The number of rotatable bonds is 3. The molecular formula is C10H20N2O. The molecule has 0 aromatic heterocycles. The second-order valence-corrected chi connectivity index (χ2v) is 4.49. The Bertz CT molecular complexity index is 213. The lowest BCUT2D eigenvalue weighted by molar-refractivity contribution is -0.120. The normalized spacial score (nSPS) is 15.6. The maximum atomic E-state index is 10.9. The van der Waals surface area contributed by atoms with Gasteiger partial charge in [0, 0.05) is 12.3 Å². The standard InChI is InChI=1S/C10H20N2O/c1-7(8(2)13)6-9(11)12-10(3,4)5/h7H,6H2,1-5H3,(H2,11,12).